The Morgan fingerprint density at radius 2 is 1.69 bits per heavy atom. The molecule has 0 aliphatic rings. The van der Waals surface area contributed by atoms with E-state index in [1.54, 1.807) is 43.4 Å². The second-order valence-electron chi connectivity index (χ2n) is 7.40. The molecule has 3 heterocycles. The maximum absolute atomic E-state index is 6.52. The monoisotopic (exact) mass is 508 g/mol. The highest BCUT2D eigenvalue weighted by molar-refractivity contribution is 7.99. The molecule has 0 spiro atoms. The Bertz CT molecular complexity index is 1480. The van der Waals surface area contributed by atoms with Crippen molar-refractivity contribution < 1.29 is 9.47 Å². The Morgan fingerprint density at radius 3 is 2.37 bits per heavy atom. The van der Waals surface area contributed by atoms with Crippen LogP contribution in [-0.4, -0.2) is 43.4 Å². The fourth-order valence-corrected chi connectivity index (χ4v) is 4.42. The van der Waals surface area contributed by atoms with Gasteiger partial charge in [-0.05, 0) is 18.2 Å². The van der Waals surface area contributed by atoms with Gasteiger partial charge in [-0.2, -0.15) is 4.98 Å². The van der Waals surface area contributed by atoms with Gasteiger partial charge < -0.3 is 24.7 Å². The molecule has 0 radical (unpaired) electrons. The lowest BCUT2D eigenvalue weighted by atomic mass is 10.2. The molecule has 178 valence electrons. The number of benzene rings is 2. The van der Waals surface area contributed by atoms with Gasteiger partial charge in [0.15, 0.2) is 11.0 Å². The van der Waals surface area contributed by atoms with Crippen molar-refractivity contribution in [3.63, 3.8) is 0 Å². The van der Waals surface area contributed by atoms with Crippen LogP contribution in [0.4, 0.5) is 23.1 Å². The summed E-state index contributed by atoms with van der Waals surface area (Å²) in [6.07, 6.45) is 7.02. The Hall–Kier alpha value is -3.96. The number of anilines is 4. The molecule has 3 aromatic heterocycles. The smallest absolute Gasteiger partial charge is 0.247 e. The SMILES string of the molecule is COc1cc(Nc2nccn3nc(Nc4ccc(Sc5nccn5C)c(Cl)c4)nc23)cc(OC)c1. The number of hydrogen-bond donors (Lipinski definition) is 2. The summed E-state index contributed by atoms with van der Waals surface area (Å²) in [5.74, 6) is 2.25. The second kappa shape index (κ2) is 9.72. The molecule has 0 aliphatic heterocycles. The van der Waals surface area contributed by atoms with Crippen molar-refractivity contribution in [1.82, 2.24) is 29.1 Å². The highest BCUT2D eigenvalue weighted by Gasteiger charge is 2.13. The Kier molecular flexibility index (Phi) is 6.34. The molecule has 0 saturated heterocycles. The van der Waals surface area contributed by atoms with E-state index in [9.17, 15) is 0 Å². The van der Waals surface area contributed by atoms with Gasteiger partial charge in [-0.15, -0.1) is 5.10 Å². The second-order valence-corrected chi connectivity index (χ2v) is 8.82. The van der Waals surface area contributed by atoms with Crippen molar-refractivity contribution in [3.8, 4) is 11.5 Å². The van der Waals surface area contributed by atoms with Gasteiger partial charge in [0.05, 0.1) is 19.2 Å². The van der Waals surface area contributed by atoms with Crippen LogP contribution >= 0.6 is 23.4 Å². The molecule has 5 aromatic rings. The highest BCUT2D eigenvalue weighted by Crippen LogP contribution is 2.34. The van der Waals surface area contributed by atoms with E-state index in [0.717, 1.165) is 21.4 Å². The molecule has 0 fully saturated rings. The zero-order chi connectivity index (χ0) is 24.4. The summed E-state index contributed by atoms with van der Waals surface area (Å²) in [4.78, 5) is 14.3. The zero-order valence-electron chi connectivity index (χ0n) is 19.1. The summed E-state index contributed by atoms with van der Waals surface area (Å²) >= 11 is 8.02. The number of methoxy groups -OCH3 is 2. The van der Waals surface area contributed by atoms with Crippen LogP contribution in [0.2, 0.25) is 5.02 Å². The zero-order valence-corrected chi connectivity index (χ0v) is 20.6. The van der Waals surface area contributed by atoms with E-state index in [1.807, 2.05) is 48.1 Å². The minimum absolute atomic E-state index is 0.407. The molecular formula is C23H21ClN8O2S. The predicted octanol–water partition coefficient (Wildman–Crippen LogP) is 5.17. The summed E-state index contributed by atoms with van der Waals surface area (Å²) in [5, 5.41) is 12.4. The number of imidazole rings is 1. The van der Waals surface area contributed by atoms with Crippen molar-refractivity contribution in [2.75, 3.05) is 24.9 Å². The minimum Gasteiger partial charge on any atom is -0.497 e. The third-order valence-corrected chi connectivity index (χ3v) is 6.61. The highest BCUT2D eigenvalue weighted by atomic mass is 35.5. The van der Waals surface area contributed by atoms with Crippen LogP contribution in [0.1, 0.15) is 0 Å². The third kappa shape index (κ3) is 4.96. The normalized spacial score (nSPS) is 11.0. The average Bonchev–Trinajstić information content (AvgIpc) is 3.46. The Balaban J connectivity index is 1.38. The molecule has 0 unspecified atom stereocenters. The van der Waals surface area contributed by atoms with Gasteiger partial charge in [0.1, 0.15) is 11.5 Å². The first-order valence-electron chi connectivity index (χ1n) is 10.5. The summed E-state index contributed by atoms with van der Waals surface area (Å²) in [7, 11) is 5.14. The maximum atomic E-state index is 6.52. The molecule has 0 aliphatic carbocycles. The largest absolute Gasteiger partial charge is 0.497 e. The number of rotatable bonds is 8. The molecule has 0 amide bonds. The van der Waals surface area contributed by atoms with Crippen molar-refractivity contribution in [2.45, 2.75) is 10.1 Å². The first kappa shape index (κ1) is 22.8. The number of aromatic nitrogens is 6. The van der Waals surface area contributed by atoms with Gasteiger partial charge in [0.2, 0.25) is 11.6 Å². The standard InChI is InChI=1S/C23H21ClN8O2S/c1-31-8-6-26-23(31)35-19-5-4-14(12-18(19)24)28-22-29-21-20(25-7-9-32(21)30-22)27-15-10-16(33-2)13-17(11-15)34-3/h4-13H,1-3H3,(H,25,27)(H,28,30). The van der Waals surface area contributed by atoms with E-state index in [0.29, 0.717) is 33.9 Å². The molecule has 2 aromatic carbocycles. The molecule has 0 atom stereocenters. The van der Waals surface area contributed by atoms with E-state index in [4.69, 9.17) is 21.1 Å². The summed E-state index contributed by atoms with van der Waals surface area (Å²) in [6, 6.07) is 11.2. The lowest BCUT2D eigenvalue weighted by Crippen LogP contribution is -1.99. The summed E-state index contributed by atoms with van der Waals surface area (Å²) in [5.41, 5.74) is 2.05. The van der Waals surface area contributed by atoms with Gasteiger partial charge >= 0.3 is 0 Å². The lowest BCUT2D eigenvalue weighted by Gasteiger charge is -2.10. The van der Waals surface area contributed by atoms with Crippen LogP contribution in [0.5, 0.6) is 11.5 Å². The molecule has 0 bridgehead atoms. The number of nitrogens with one attached hydrogen (secondary N) is 2. The molecule has 2 N–H and O–H groups in total. The first-order valence-corrected chi connectivity index (χ1v) is 11.6. The molecular weight excluding hydrogens is 488 g/mol. The Morgan fingerprint density at radius 1 is 0.914 bits per heavy atom. The van der Waals surface area contributed by atoms with Crippen LogP contribution in [0.15, 0.2) is 71.2 Å². The van der Waals surface area contributed by atoms with E-state index >= 15 is 0 Å². The van der Waals surface area contributed by atoms with E-state index in [1.165, 1.54) is 11.8 Å². The van der Waals surface area contributed by atoms with E-state index in [-0.39, 0.29) is 0 Å². The van der Waals surface area contributed by atoms with Crippen LogP contribution in [0, 0.1) is 0 Å². The molecule has 0 saturated carbocycles. The first-order chi connectivity index (χ1) is 17.0. The average molecular weight is 509 g/mol. The summed E-state index contributed by atoms with van der Waals surface area (Å²) < 4.78 is 14.3. The number of hydrogen-bond acceptors (Lipinski definition) is 9. The van der Waals surface area contributed by atoms with Gasteiger partial charge in [-0.1, -0.05) is 23.4 Å². The van der Waals surface area contributed by atoms with Crippen molar-refractivity contribution in [3.05, 3.63) is 66.2 Å². The van der Waals surface area contributed by atoms with Crippen LogP contribution in [-0.2, 0) is 7.05 Å². The number of ether oxygens (including phenoxy) is 2. The number of nitrogens with zero attached hydrogens (tertiary/aromatic N) is 6. The van der Waals surface area contributed by atoms with Gasteiger partial charge in [-0.25, -0.2) is 14.5 Å². The van der Waals surface area contributed by atoms with E-state index < -0.39 is 0 Å². The van der Waals surface area contributed by atoms with Crippen LogP contribution in [0.25, 0.3) is 5.65 Å². The molecule has 35 heavy (non-hydrogen) atoms. The minimum atomic E-state index is 0.407. The topological polar surface area (TPSA) is 103 Å². The van der Waals surface area contributed by atoms with Gasteiger partial charge in [0.25, 0.3) is 0 Å². The van der Waals surface area contributed by atoms with Crippen LogP contribution < -0.4 is 20.1 Å². The van der Waals surface area contributed by atoms with E-state index in [2.05, 4.69) is 30.7 Å². The quantitative estimate of drug-likeness (QED) is 0.294. The van der Waals surface area contributed by atoms with Crippen molar-refractivity contribution in [1.29, 1.82) is 0 Å². The van der Waals surface area contributed by atoms with Gasteiger partial charge in [-0.3, -0.25) is 0 Å². The Labute approximate surface area is 210 Å². The van der Waals surface area contributed by atoms with Crippen molar-refractivity contribution in [2.24, 2.45) is 7.05 Å². The van der Waals surface area contributed by atoms with Gasteiger partial charge in [0, 0.05) is 66.3 Å². The number of halogens is 1. The van der Waals surface area contributed by atoms with Crippen molar-refractivity contribution >= 4 is 52.2 Å². The fraction of sp³-hybridized carbons (Fsp3) is 0.130. The lowest BCUT2D eigenvalue weighted by molar-refractivity contribution is 0.395. The fourth-order valence-electron chi connectivity index (χ4n) is 3.31. The number of aryl methyl sites for hydroxylation is 1. The third-order valence-electron chi connectivity index (χ3n) is 5.03. The molecule has 5 rings (SSSR count). The molecule has 12 heteroatoms. The predicted molar refractivity (Wildman–Crippen MR) is 136 cm³/mol. The molecule has 10 nitrogen and oxygen atoms in total. The van der Waals surface area contributed by atoms with Crippen LogP contribution in [0.3, 0.4) is 0 Å². The number of fused-ring (bicyclic) bond motifs is 1. The summed E-state index contributed by atoms with van der Waals surface area (Å²) in [6.45, 7) is 0. The maximum Gasteiger partial charge on any atom is 0.247 e.